The van der Waals surface area contributed by atoms with E-state index in [9.17, 15) is 0 Å². The van der Waals surface area contributed by atoms with E-state index in [1.807, 2.05) is 0 Å². The Kier molecular flexibility index (Phi) is 9.32. The van der Waals surface area contributed by atoms with E-state index in [2.05, 4.69) is 50.3 Å². The molecule has 1 aromatic rings. The van der Waals surface area contributed by atoms with Crippen LogP contribution in [0.15, 0.2) is 36.4 Å². The lowest BCUT2D eigenvalue weighted by Crippen LogP contribution is -2.27. The van der Waals surface area contributed by atoms with Gasteiger partial charge in [-0.05, 0) is 93.4 Å². The van der Waals surface area contributed by atoms with E-state index >= 15 is 0 Å². The van der Waals surface area contributed by atoms with Gasteiger partial charge in [-0.1, -0.05) is 87.4 Å². The second-order valence-electron chi connectivity index (χ2n) is 11.5. The molecule has 0 saturated heterocycles. The van der Waals surface area contributed by atoms with E-state index in [1.165, 1.54) is 101 Å². The molecule has 1 aromatic carbocycles. The Morgan fingerprint density at radius 3 is 2.03 bits per heavy atom. The largest absolute Gasteiger partial charge is 0.374 e. The van der Waals surface area contributed by atoms with E-state index in [4.69, 9.17) is 4.74 Å². The van der Waals surface area contributed by atoms with Crippen molar-refractivity contribution in [2.75, 3.05) is 6.61 Å². The zero-order valence-corrected chi connectivity index (χ0v) is 20.9. The summed E-state index contributed by atoms with van der Waals surface area (Å²) in [5, 5.41) is 0. The number of allylic oxidation sites excluding steroid dienone is 1. The van der Waals surface area contributed by atoms with Crippen molar-refractivity contribution in [3.8, 4) is 0 Å². The molecule has 0 N–H and O–H groups in total. The lowest BCUT2D eigenvalue weighted by Gasteiger charge is -2.35. The summed E-state index contributed by atoms with van der Waals surface area (Å²) < 4.78 is 6.36. The van der Waals surface area contributed by atoms with Gasteiger partial charge in [-0.25, -0.2) is 0 Å². The summed E-state index contributed by atoms with van der Waals surface area (Å²) in [6.07, 6.45) is 24.9. The molecule has 0 aromatic heterocycles. The lowest BCUT2D eigenvalue weighted by atomic mass is 9.72. The molecule has 178 valence electrons. The van der Waals surface area contributed by atoms with Crippen LogP contribution in [0.1, 0.15) is 102 Å². The van der Waals surface area contributed by atoms with Gasteiger partial charge in [0.15, 0.2) is 0 Å². The molecule has 0 amide bonds. The highest BCUT2D eigenvalue weighted by atomic mass is 16.5. The Bertz CT molecular complexity index is 673. The summed E-state index contributed by atoms with van der Waals surface area (Å²) in [5.74, 6) is 4.52. The molecule has 2 saturated carbocycles. The van der Waals surface area contributed by atoms with Crippen LogP contribution in [0.3, 0.4) is 0 Å². The van der Waals surface area contributed by atoms with Crippen molar-refractivity contribution in [1.29, 1.82) is 0 Å². The fraction of sp³-hybridized carbons (Fsp3) is 0.742. The number of benzene rings is 1. The molecule has 3 aliphatic rings. The van der Waals surface area contributed by atoms with Crippen LogP contribution in [0.5, 0.6) is 0 Å². The second kappa shape index (κ2) is 12.4. The SMILES string of the molecule is CCCC1CCC(COC2C=CC(C3CCC(CCc4ccc(C)cc4)CC3)CC2)CC1. The molecule has 0 spiro atoms. The van der Waals surface area contributed by atoms with Gasteiger partial charge in [0, 0.05) is 0 Å². The Morgan fingerprint density at radius 2 is 1.38 bits per heavy atom. The molecule has 2 fully saturated rings. The Hall–Kier alpha value is -1.08. The Balaban J connectivity index is 1.11. The molecule has 1 nitrogen and oxygen atoms in total. The maximum Gasteiger partial charge on any atom is 0.0756 e. The van der Waals surface area contributed by atoms with E-state index in [1.54, 1.807) is 0 Å². The fourth-order valence-corrected chi connectivity index (χ4v) is 6.73. The zero-order chi connectivity index (χ0) is 22.2. The highest BCUT2D eigenvalue weighted by Gasteiger charge is 2.29. The number of hydrogen-bond acceptors (Lipinski definition) is 1. The third kappa shape index (κ3) is 7.21. The molecule has 4 rings (SSSR count). The Labute approximate surface area is 198 Å². The average molecular weight is 437 g/mol. The maximum absolute atomic E-state index is 6.36. The van der Waals surface area contributed by atoms with Gasteiger partial charge in [-0.3, -0.25) is 0 Å². The predicted octanol–water partition coefficient (Wildman–Crippen LogP) is 8.69. The van der Waals surface area contributed by atoms with Crippen molar-refractivity contribution >= 4 is 0 Å². The lowest BCUT2D eigenvalue weighted by molar-refractivity contribution is 0.0287. The van der Waals surface area contributed by atoms with Crippen LogP contribution in [0.2, 0.25) is 0 Å². The topological polar surface area (TPSA) is 9.23 Å². The summed E-state index contributed by atoms with van der Waals surface area (Å²) in [7, 11) is 0. The van der Waals surface area contributed by atoms with Crippen molar-refractivity contribution in [3.63, 3.8) is 0 Å². The van der Waals surface area contributed by atoms with Gasteiger partial charge in [-0.15, -0.1) is 0 Å². The summed E-state index contributed by atoms with van der Waals surface area (Å²) in [6, 6.07) is 9.17. The molecular weight excluding hydrogens is 388 g/mol. The molecule has 2 atom stereocenters. The van der Waals surface area contributed by atoms with Gasteiger partial charge in [0.2, 0.25) is 0 Å². The summed E-state index contributed by atoms with van der Waals surface area (Å²) in [4.78, 5) is 0. The van der Waals surface area contributed by atoms with Crippen molar-refractivity contribution in [1.82, 2.24) is 0 Å². The molecule has 0 bridgehead atoms. The first-order chi connectivity index (χ1) is 15.7. The van der Waals surface area contributed by atoms with Gasteiger partial charge in [-0.2, -0.15) is 0 Å². The van der Waals surface area contributed by atoms with E-state index in [-0.39, 0.29) is 0 Å². The Morgan fingerprint density at radius 1 is 0.719 bits per heavy atom. The van der Waals surface area contributed by atoms with Crippen LogP contribution in [0.4, 0.5) is 0 Å². The minimum Gasteiger partial charge on any atom is -0.374 e. The van der Waals surface area contributed by atoms with Gasteiger partial charge in [0.05, 0.1) is 12.7 Å². The first-order valence-electron chi connectivity index (χ1n) is 14.0. The smallest absolute Gasteiger partial charge is 0.0756 e. The molecular formula is C31H48O. The molecule has 3 aliphatic carbocycles. The van der Waals surface area contributed by atoms with Gasteiger partial charge < -0.3 is 4.74 Å². The molecule has 0 radical (unpaired) electrons. The molecule has 1 heteroatoms. The minimum atomic E-state index is 0.394. The van der Waals surface area contributed by atoms with Crippen LogP contribution < -0.4 is 0 Å². The van der Waals surface area contributed by atoms with Gasteiger partial charge in [0.1, 0.15) is 0 Å². The van der Waals surface area contributed by atoms with Gasteiger partial charge >= 0.3 is 0 Å². The van der Waals surface area contributed by atoms with Crippen LogP contribution in [0, 0.1) is 36.5 Å². The summed E-state index contributed by atoms with van der Waals surface area (Å²) >= 11 is 0. The van der Waals surface area contributed by atoms with Crippen LogP contribution in [-0.2, 0) is 11.2 Å². The molecule has 32 heavy (non-hydrogen) atoms. The van der Waals surface area contributed by atoms with Crippen molar-refractivity contribution < 1.29 is 4.74 Å². The van der Waals surface area contributed by atoms with Crippen molar-refractivity contribution in [2.45, 2.75) is 110 Å². The van der Waals surface area contributed by atoms with E-state index in [0.717, 1.165) is 36.2 Å². The molecule has 0 heterocycles. The highest BCUT2D eigenvalue weighted by Crippen LogP contribution is 2.39. The molecule has 2 unspecified atom stereocenters. The zero-order valence-electron chi connectivity index (χ0n) is 20.9. The first kappa shape index (κ1) is 24.1. The number of rotatable bonds is 9. The fourth-order valence-electron chi connectivity index (χ4n) is 6.73. The van der Waals surface area contributed by atoms with Crippen LogP contribution in [-0.4, -0.2) is 12.7 Å². The average Bonchev–Trinajstić information content (AvgIpc) is 2.84. The number of hydrogen-bond donors (Lipinski definition) is 0. The van der Waals surface area contributed by atoms with Crippen molar-refractivity contribution in [2.24, 2.45) is 29.6 Å². The van der Waals surface area contributed by atoms with Crippen molar-refractivity contribution in [3.05, 3.63) is 47.5 Å². The standard InChI is InChI=1S/C31H48O/c1-3-4-25-11-13-28(14-12-25)23-32-31-21-19-30(20-22-31)29-17-15-27(16-18-29)10-9-26-7-5-24(2)6-8-26/h5-8,19,21,25,27-31H,3-4,9-18,20,22-23H2,1-2H3. The maximum atomic E-state index is 6.36. The highest BCUT2D eigenvalue weighted by molar-refractivity contribution is 5.21. The van der Waals surface area contributed by atoms with Crippen LogP contribution >= 0.6 is 0 Å². The van der Waals surface area contributed by atoms with Crippen LogP contribution in [0.25, 0.3) is 0 Å². The second-order valence-corrected chi connectivity index (χ2v) is 11.5. The minimum absolute atomic E-state index is 0.394. The number of ether oxygens (including phenoxy) is 1. The van der Waals surface area contributed by atoms with E-state index < -0.39 is 0 Å². The summed E-state index contributed by atoms with van der Waals surface area (Å²) in [6.45, 7) is 5.51. The summed E-state index contributed by atoms with van der Waals surface area (Å²) in [5.41, 5.74) is 2.89. The third-order valence-corrected chi connectivity index (χ3v) is 9.03. The monoisotopic (exact) mass is 436 g/mol. The quantitative estimate of drug-likeness (QED) is 0.352. The molecule has 0 aliphatic heterocycles. The number of aryl methyl sites for hydroxylation is 2. The van der Waals surface area contributed by atoms with E-state index in [0.29, 0.717) is 6.10 Å². The third-order valence-electron chi connectivity index (χ3n) is 9.03. The first-order valence-corrected chi connectivity index (χ1v) is 14.0. The predicted molar refractivity (Wildman–Crippen MR) is 137 cm³/mol. The normalized spacial score (nSPS) is 33.3. The van der Waals surface area contributed by atoms with Gasteiger partial charge in [0.25, 0.3) is 0 Å².